The number of nitrogens with one attached hydrogen (secondary N) is 1. The third-order valence-electron chi connectivity index (χ3n) is 11.8. The Morgan fingerprint density at radius 1 is 0.983 bits per heavy atom. The standard InChI is InChI=1S/C47H55N5O6S/c1-7-57-40(53)29-51-24-21-47(6,22-25-51)20-12-26-58-37-17-11-14-32(30(37)2)41-35(46(3,4)5)27-39(49-42(41)44(55)56)52-23-19-31-13-10-15-33(34(31)28-52)43(54)50-45-48-36-16-8-9-18-38(36)59-45/h8-11,13-18,27H,7,12,19-26,28-29H2,1-6H3,(H,55,56)(H,48,50,54). The molecule has 2 aliphatic rings. The molecule has 11 nitrogen and oxygen atoms in total. The number of para-hydroxylation sites is 1. The van der Waals surface area contributed by atoms with Gasteiger partial charge in [-0.1, -0.05) is 75.4 Å². The number of thiazole rings is 1. The molecule has 3 aromatic carbocycles. The molecule has 0 saturated carbocycles. The van der Waals surface area contributed by atoms with Crippen molar-refractivity contribution in [2.75, 3.05) is 49.6 Å². The predicted molar refractivity (Wildman–Crippen MR) is 234 cm³/mol. The zero-order chi connectivity index (χ0) is 41.9. The van der Waals surface area contributed by atoms with Crippen molar-refractivity contribution >= 4 is 50.3 Å². The Bertz CT molecular complexity index is 2330. The lowest BCUT2D eigenvalue weighted by atomic mass is 9.77. The van der Waals surface area contributed by atoms with Gasteiger partial charge >= 0.3 is 11.9 Å². The van der Waals surface area contributed by atoms with Crippen LogP contribution in [-0.4, -0.2) is 77.2 Å². The molecule has 4 heterocycles. The summed E-state index contributed by atoms with van der Waals surface area (Å²) < 4.78 is 12.5. The molecule has 0 unspecified atom stereocenters. The Morgan fingerprint density at radius 2 is 1.75 bits per heavy atom. The average molecular weight is 818 g/mol. The molecule has 0 atom stereocenters. The van der Waals surface area contributed by atoms with Crippen LogP contribution in [0.25, 0.3) is 21.3 Å². The van der Waals surface area contributed by atoms with Crippen LogP contribution < -0.4 is 15.0 Å². The Labute approximate surface area is 350 Å². The number of esters is 1. The number of piperidine rings is 1. The van der Waals surface area contributed by atoms with E-state index in [2.05, 4.69) is 53.9 Å². The predicted octanol–water partition coefficient (Wildman–Crippen LogP) is 9.30. The zero-order valence-corrected chi connectivity index (χ0v) is 35.8. The number of carbonyl (C=O) groups is 3. The van der Waals surface area contributed by atoms with Gasteiger partial charge in [-0.05, 0) is 128 Å². The van der Waals surface area contributed by atoms with Gasteiger partial charge in [-0.15, -0.1) is 0 Å². The van der Waals surface area contributed by atoms with Crippen molar-refractivity contribution in [1.82, 2.24) is 14.9 Å². The van der Waals surface area contributed by atoms with Crippen molar-refractivity contribution < 1.29 is 29.0 Å². The molecule has 0 spiro atoms. The van der Waals surface area contributed by atoms with Crippen LogP contribution in [0.5, 0.6) is 5.75 Å². The molecule has 2 aromatic heterocycles. The van der Waals surface area contributed by atoms with E-state index < -0.39 is 11.4 Å². The van der Waals surface area contributed by atoms with Crippen LogP contribution in [0.1, 0.15) is 103 Å². The lowest BCUT2D eigenvalue weighted by Crippen LogP contribution is -2.41. The number of hydrogen-bond donors (Lipinski definition) is 2. The van der Waals surface area contributed by atoms with Gasteiger partial charge in [0.05, 0.1) is 30.0 Å². The van der Waals surface area contributed by atoms with E-state index in [0.29, 0.717) is 61.3 Å². The average Bonchev–Trinajstić information content (AvgIpc) is 3.62. The number of amides is 1. The summed E-state index contributed by atoms with van der Waals surface area (Å²) >= 11 is 1.44. The van der Waals surface area contributed by atoms with Gasteiger partial charge in [0, 0.05) is 24.2 Å². The fraction of sp³-hybridized carbons (Fsp3) is 0.426. The van der Waals surface area contributed by atoms with E-state index in [1.54, 1.807) is 0 Å². The fourth-order valence-electron chi connectivity index (χ4n) is 8.40. The van der Waals surface area contributed by atoms with Gasteiger partial charge in [0.15, 0.2) is 10.8 Å². The van der Waals surface area contributed by atoms with Crippen molar-refractivity contribution in [3.63, 3.8) is 0 Å². The highest BCUT2D eigenvalue weighted by Gasteiger charge is 2.32. The number of carboxylic acids is 1. The van der Waals surface area contributed by atoms with Crippen molar-refractivity contribution in [2.24, 2.45) is 5.41 Å². The fourth-order valence-corrected chi connectivity index (χ4v) is 9.27. The van der Waals surface area contributed by atoms with E-state index in [9.17, 15) is 19.5 Å². The first-order valence-electron chi connectivity index (χ1n) is 20.7. The largest absolute Gasteiger partial charge is 0.493 e. The van der Waals surface area contributed by atoms with E-state index in [1.807, 2.05) is 74.5 Å². The number of pyridine rings is 1. The highest BCUT2D eigenvalue weighted by molar-refractivity contribution is 7.22. The van der Waals surface area contributed by atoms with Gasteiger partial charge in [0.25, 0.3) is 5.91 Å². The second-order valence-corrected chi connectivity index (χ2v) is 18.2. The Kier molecular flexibility index (Phi) is 12.4. The minimum absolute atomic E-state index is 0.0115. The first-order valence-corrected chi connectivity index (χ1v) is 21.5. The summed E-state index contributed by atoms with van der Waals surface area (Å²) in [5, 5.41) is 14.3. The van der Waals surface area contributed by atoms with E-state index in [0.717, 1.165) is 82.6 Å². The van der Waals surface area contributed by atoms with Gasteiger partial charge in [-0.3, -0.25) is 19.8 Å². The van der Waals surface area contributed by atoms with Crippen molar-refractivity contribution in [3.05, 3.63) is 100 Å². The monoisotopic (exact) mass is 817 g/mol. The molecule has 0 bridgehead atoms. The molecule has 1 fully saturated rings. The van der Waals surface area contributed by atoms with Gasteiger partial charge in [0.2, 0.25) is 0 Å². The summed E-state index contributed by atoms with van der Waals surface area (Å²) in [4.78, 5) is 52.6. The van der Waals surface area contributed by atoms with Crippen LogP contribution in [-0.2, 0) is 27.9 Å². The van der Waals surface area contributed by atoms with Crippen LogP contribution in [0.2, 0.25) is 0 Å². The summed E-state index contributed by atoms with van der Waals surface area (Å²) in [7, 11) is 0. The Hall–Kier alpha value is -5.33. The molecule has 1 saturated heterocycles. The van der Waals surface area contributed by atoms with Crippen LogP contribution >= 0.6 is 11.3 Å². The van der Waals surface area contributed by atoms with Crippen LogP contribution in [0.15, 0.2) is 66.7 Å². The van der Waals surface area contributed by atoms with E-state index >= 15 is 0 Å². The van der Waals surface area contributed by atoms with Crippen molar-refractivity contribution in [3.8, 4) is 16.9 Å². The number of aromatic nitrogens is 2. The number of carboxylic acid groups (broad SMARTS) is 1. The SMILES string of the molecule is CCOC(=O)CN1CCC(C)(CCCOc2cccc(-c3c(C(C)(C)C)cc(N4CCc5cccc(C(=O)Nc6nc7ccccc7s6)c5C4)nc3C(=O)O)c2C)CC1. The van der Waals surface area contributed by atoms with Crippen LogP contribution in [0.3, 0.4) is 0 Å². The third kappa shape index (κ3) is 9.44. The van der Waals surface area contributed by atoms with Gasteiger partial charge in [-0.25, -0.2) is 14.8 Å². The lowest BCUT2D eigenvalue weighted by molar-refractivity contribution is -0.145. The second-order valence-electron chi connectivity index (χ2n) is 17.1. The van der Waals surface area contributed by atoms with E-state index in [-0.39, 0.29) is 23.0 Å². The van der Waals surface area contributed by atoms with Crippen LogP contribution in [0, 0.1) is 12.3 Å². The molecular weight excluding hydrogens is 763 g/mol. The van der Waals surface area contributed by atoms with Crippen molar-refractivity contribution in [2.45, 2.75) is 85.6 Å². The molecular formula is C47H55N5O6S. The van der Waals surface area contributed by atoms with Crippen LogP contribution in [0.4, 0.5) is 10.9 Å². The molecule has 5 aromatic rings. The number of benzene rings is 3. The minimum atomic E-state index is -1.10. The molecule has 0 radical (unpaired) electrons. The van der Waals surface area contributed by atoms with Gasteiger partial charge in [0.1, 0.15) is 11.6 Å². The number of hydrogen-bond acceptors (Lipinski definition) is 10. The Balaban J connectivity index is 1.09. The highest BCUT2D eigenvalue weighted by atomic mass is 32.1. The number of nitrogens with zero attached hydrogens (tertiary/aromatic N) is 4. The third-order valence-corrected chi connectivity index (χ3v) is 12.8. The lowest BCUT2D eigenvalue weighted by Gasteiger charge is -2.39. The number of fused-ring (bicyclic) bond motifs is 2. The second kappa shape index (κ2) is 17.5. The number of rotatable bonds is 13. The number of aromatic carboxylic acids is 1. The molecule has 7 rings (SSSR count). The minimum Gasteiger partial charge on any atom is -0.493 e. The van der Waals surface area contributed by atoms with Crippen molar-refractivity contribution in [1.29, 1.82) is 0 Å². The molecule has 12 heteroatoms. The summed E-state index contributed by atoms with van der Waals surface area (Å²) in [6.45, 7) is 16.5. The zero-order valence-electron chi connectivity index (χ0n) is 35.0. The van der Waals surface area contributed by atoms with E-state index in [4.69, 9.17) is 14.5 Å². The number of ether oxygens (including phenoxy) is 2. The topological polar surface area (TPSA) is 134 Å². The summed E-state index contributed by atoms with van der Waals surface area (Å²) in [5.74, 6) is -0.207. The van der Waals surface area contributed by atoms with Gasteiger partial charge < -0.3 is 19.5 Å². The first kappa shape index (κ1) is 41.8. The molecule has 59 heavy (non-hydrogen) atoms. The number of likely N-dealkylation sites (tertiary alicyclic amines) is 1. The normalized spacial score (nSPS) is 15.5. The maximum atomic E-state index is 13.7. The number of anilines is 2. The first-order chi connectivity index (χ1) is 28.2. The molecule has 310 valence electrons. The quantitative estimate of drug-likeness (QED) is 0.0875. The molecule has 0 aliphatic carbocycles. The van der Waals surface area contributed by atoms with Gasteiger partial charge in [-0.2, -0.15) is 0 Å². The molecule has 2 N–H and O–H groups in total. The molecule has 2 aliphatic heterocycles. The van der Waals surface area contributed by atoms with E-state index in [1.165, 1.54) is 11.3 Å². The maximum absolute atomic E-state index is 13.7. The highest BCUT2D eigenvalue weighted by Crippen LogP contribution is 2.42. The smallest absolute Gasteiger partial charge is 0.355 e. The maximum Gasteiger partial charge on any atom is 0.355 e. The summed E-state index contributed by atoms with van der Waals surface area (Å²) in [6.07, 6.45) is 4.61. The Morgan fingerprint density at radius 3 is 2.47 bits per heavy atom. The molecule has 1 amide bonds. The summed E-state index contributed by atoms with van der Waals surface area (Å²) in [5.41, 5.74) is 6.22. The summed E-state index contributed by atoms with van der Waals surface area (Å²) in [6, 6.07) is 21.5. The number of carbonyl (C=O) groups excluding carboxylic acids is 2.